The van der Waals surface area contributed by atoms with E-state index in [2.05, 4.69) is 10.2 Å². The molecule has 2 aromatic carbocycles. The number of benzene rings is 2. The average Bonchev–Trinajstić information content (AvgIpc) is 2.52. The molecule has 0 heterocycles. The fourth-order valence-electron chi connectivity index (χ4n) is 2.40. The minimum atomic E-state index is -0.321. The van der Waals surface area contributed by atoms with E-state index in [1.165, 1.54) is 6.07 Å². The molecule has 0 aliphatic heterocycles. The Kier molecular flexibility index (Phi) is 3.47. The lowest BCUT2D eigenvalue weighted by Crippen LogP contribution is -2.16. The number of phenolic OH excluding ortho intramolecular Hbond substituents is 1. The molecule has 2 aromatic rings. The number of hydrogen-bond donors (Lipinski definition) is 2. The third kappa shape index (κ3) is 2.37. The van der Waals surface area contributed by atoms with Gasteiger partial charge in [-0.05, 0) is 42.3 Å². The molecule has 1 aliphatic rings. The number of carbonyl (C=O) groups is 1. The number of azo groups is 1. The van der Waals surface area contributed by atoms with Gasteiger partial charge in [-0.25, -0.2) is 0 Å². The molecule has 22 heavy (non-hydrogen) atoms. The van der Waals surface area contributed by atoms with E-state index in [0.717, 1.165) is 0 Å². The number of rotatable bonds is 2. The molecule has 0 spiro atoms. The minimum absolute atomic E-state index is 0.0542. The van der Waals surface area contributed by atoms with Gasteiger partial charge >= 0.3 is 0 Å². The van der Waals surface area contributed by atoms with E-state index >= 15 is 0 Å². The maximum atomic E-state index is 12.2. The van der Waals surface area contributed by atoms with Crippen LogP contribution in [0.15, 0.2) is 58.4 Å². The normalized spacial score (nSPS) is 14.5. The summed E-state index contributed by atoms with van der Waals surface area (Å²) in [5, 5.41) is 27.9. The summed E-state index contributed by atoms with van der Waals surface area (Å²) in [5.74, 6) is -0.416. The molecule has 3 rings (SSSR count). The van der Waals surface area contributed by atoms with Crippen LogP contribution in [0.4, 0.5) is 5.69 Å². The van der Waals surface area contributed by atoms with Crippen molar-refractivity contribution in [1.29, 1.82) is 0 Å². The lowest BCUT2D eigenvalue weighted by molar-refractivity contribution is -0.115. The van der Waals surface area contributed by atoms with Crippen molar-refractivity contribution in [3.05, 3.63) is 64.9 Å². The van der Waals surface area contributed by atoms with E-state index in [9.17, 15) is 15.0 Å². The highest BCUT2D eigenvalue weighted by atomic mass is 16.3. The lowest BCUT2D eigenvalue weighted by Gasteiger charge is -2.18. The molecule has 5 nitrogen and oxygen atoms in total. The van der Waals surface area contributed by atoms with Crippen LogP contribution in [-0.4, -0.2) is 16.0 Å². The van der Waals surface area contributed by atoms with Gasteiger partial charge in [0.15, 0.2) is 17.2 Å². The second kappa shape index (κ2) is 5.44. The highest BCUT2D eigenvalue weighted by Gasteiger charge is 2.27. The van der Waals surface area contributed by atoms with Crippen LogP contribution in [0.25, 0.3) is 5.76 Å². The van der Waals surface area contributed by atoms with E-state index in [4.69, 9.17) is 0 Å². The predicted octanol–water partition coefficient (Wildman–Crippen LogP) is 3.84. The van der Waals surface area contributed by atoms with E-state index in [-0.39, 0.29) is 29.4 Å². The summed E-state index contributed by atoms with van der Waals surface area (Å²) in [5.41, 5.74) is 2.28. The zero-order valence-corrected chi connectivity index (χ0v) is 11.9. The lowest BCUT2D eigenvalue weighted by atomic mass is 9.89. The molecule has 1 aliphatic carbocycles. The first-order chi connectivity index (χ1) is 10.6. The number of aromatic hydroxyl groups is 1. The van der Waals surface area contributed by atoms with Crippen LogP contribution in [-0.2, 0) is 11.2 Å². The fraction of sp³-hybridized carbons (Fsp3) is 0.118. The molecular weight excluding hydrogens is 280 g/mol. The predicted molar refractivity (Wildman–Crippen MR) is 82.1 cm³/mol. The van der Waals surface area contributed by atoms with E-state index in [1.54, 1.807) is 25.1 Å². The number of nitrogens with zero attached hydrogens (tertiary/aromatic N) is 2. The molecule has 0 saturated carbocycles. The summed E-state index contributed by atoms with van der Waals surface area (Å²) in [6.45, 7) is 1.71. The maximum absolute atomic E-state index is 12.2. The maximum Gasteiger partial charge on any atom is 0.191 e. The van der Waals surface area contributed by atoms with Crippen LogP contribution in [0.3, 0.4) is 0 Å². The molecule has 0 bridgehead atoms. The average molecular weight is 294 g/mol. The monoisotopic (exact) mass is 294 g/mol. The van der Waals surface area contributed by atoms with Crippen molar-refractivity contribution in [3.63, 3.8) is 0 Å². The van der Waals surface area contributed by atoms with Crippen molar-refractivity contribution < 1.29 is 15.0 Å². The van der Waals surface area contributed by atoms with Crippen LogP contribution in [0.1, 0.15) is 16.7 Å². The van der Waals surface area contributed by atoms with Gasteiger partial charge in [-0.2, -0.15) is 5.11 Å². The molecule has 5 heteroatoms. The van der Waals surface area contributed by atoms with Gasteiger partial charge in [0.25, 0.3) is 0 Å². The number of aliphatic hydroxyl groups is 1. The van der Waals surface area contributed by atoms with Gasteiger partial charge in [-0.15, -0.1) is 5.11 Å². The summed E-state index contributed by atoms with van der Waals surface area (Å²) in [6, 6.07) is 12.1. The number of Topliss-reactive ketones (excluding diaryl/α,β-unsaturated/α-hetero) is 1. The standard InChI is InChI=1S/C17H14N2O3/c1-10-13-9-15(21)16(17(22)12(13)7-8-14(10)20)19-18-11-5-3-2-4-6-11/h2-8,20,22H,9H2,1H3/b19-18+. The Balaban J connectivity index is 2.05. The van der Waals surface area contributed by atoms with Crippen LogP contribution in [0.5, 0.6) is 5.75 Å². The largest absolute Gasteiger partial charge is 0.508 e. The quantitative estimate of drug-likeness (QED) is 0.826. The van der Waals surface area contributed by atoms with Crippen molar-refractivity contribution in [3.8, 4) is 5.75 Å². The molecular formula is C17H14N2O3. The van der Waals surface area contributed by atoms with Crippen LogP contribution in [0, 0.1) is 6.92 Å². The number of carbonyl (C=O) groups excluding carboxylic acids is 1. The van der Waals surface area contributed by atoms with Crippen molar-refractivity contribution >= 4 is 17.2 Å². The Labute approximate surface area is 127 Å². The fourth-order valence-corrected chi connectivity index (χ4v) is 2.40. The summed E-state index contributed by atoms with van der Waals surface area (Å²) in [4.78, 5) is 12.2. The molecule has 0 radical (unpaired) electrons. The summed E-state index contributed by atoms with van der Waals surface area (Å²) in [7, 11) is 0. The number of ketones is 1. The van der Waals surface area contributed by atoms with Gasteiger partial charge in [-0.1, -0.05) is 18.2 Å². The minimum Gasteiger partial charge on any atom is -0.508 e. The zero-order valence-electron chi connectivity index (χ0n) is 11.9. The van der Waals surface area contributed by atoms with E-state index in [1.807, 2.05) is 18.2 Å². The Hall–Kier alpha value is -2.95. The topological polar surface area (TPSA) is 82.2 Å². The number of fused-ring (bicyclic) bond motifs is 1. The zero-order chi connectivity index (χ0) is 15.7. The molecule has 0 fully saturated rings. The van der Waals surface area contributed by atoms with Crippen LogP contribution < -0.4 is 0 Å². The third-order valence-electron chi connectivity index (χ3n) is 3.67. The van der Waals surface area contributed by atoms with Crippen molar-refractivity contribution in [2.45, 2.75) is 13.3 Å². The van der Waals surface area contributed by atoms with Gasteiger partial charge in [0, 0.05) is 12.0 Å². The van der Waals surface area contributed by atoms with Gasteiger partial charge < -0.3 is 10.2 Å². The number of aliphatic hydroxyl groups excluding tert-OH is 1. The van der Waals surface area contributed by atoms with Gasteiger partial charge in [0.1, 0.15) is 5.75 Å². The summed E-state index contributed by atoms with van der Waals surface area (Å²) < 4.78 is 0. The number of phenols is 1. The van der Waals surface area contributed by atoms with Crippen molar-refractivity contribution in [2.24, 2.45) is 10.2 Å². The van der Waals surface area contributed by atoms with Crippen LogP contribution in [0.2, 0.25) is 0 Å². The van der Waals surface area contributed by atoms with E-state index < -0.39 is 0 Å². The number of allylic oxidation sites excluding steroid dienone is 1. The molecule has 0 aromatic heterocycles. The SMILES string of the molecule is Cc1c(O)ccc2c1CC(=O)C(/N=N/c1ccccc1)=C2O. The summed E-state index contributed by atoms with van der Waals surface area (Å²) in [6.07, 6.45) is 0.0861. The summed E-state index contributed by atoms with van der Waals surface area (Å²) >= 11 is 0. The first-order valence-corrected chi connectivity index (χ1v) is 6.83. The molecule has 0 saturated heterocycles. The molecule has 0 amide bonds. The highest BCUT2D eigenvalue weighted by molar-refractivity contribution is 6.05. The smallest absolute Gasteiger partial charge is 0.191 e. The van der Waals surface area contributed by atoms with Gasteiger partial charge in [-0.3, -0.25) is 4.79 Å². The highest BCUT2D eigenvalue weighted by Crippen LogP contribution is 2.34. The molecule has 2 N–H and O–H groups in total. The van der Waals surface area contributed by atoms with Crippen molar-refractivity contribution in [1.82, 2.24) is 0 Å². The Morgan fingerprint density at radius 2 is 1.73 bits per heavy atom. The third-order valence-corrected chi connectivity index (χ3v) is 3.67. The second-order valence-corrected chi connectivity index (χ2v) is 5.07. The van der Waals surface area contributed by atoms with Gasteiger partial charge in [0.05, 0.1) is 5.69 Å². The first kappa shape index (κ1) is 14.0. The second-order valence-electron chi connectivity index (χ2n) is 5.07. The van der Waals surface area contributed by atoms with Gasteiger partial charge in [0.2, 0.25) is 0 Å². The van der Waals surface area contributed by atoms with Crippen molar-refractivity contribution in [2.75, 3.05) is 0 Å². The molecule has 0 atom stereocenters. The Bertz CT molecular complexity index is 808. The van der Waals surface area contributed by atoms with Crippen LogP contribution >= 0.6 is 0 Å². The first-order valence-electron chi connectivity index (χ1n) is 6.83. The number of hydrogen-bond acceptors (Lipinski definition) is 5. The Morgan fingerprint density at radius 1 is 1.00 bits per heavy atom. The molecule has 0 unspecified atom stereocenters. The van der Waals surface area contributed by atoms with E-state index in [0.29, 0.717) is 22.4 Å². The molecule has 110 valence electrons. The Morgan fingerprint density at radius 3 is 2.45 bits per heavy atom.